The van der Waals surface area contributed by atoms with E-state index in [1.807, 2.05) is 38.1 Å². The van der Waals surface area contributed by atoms with Gasteiger partial charge in [-0.25, -0.2) is 0 Å². The molecule has 0 radical (unpaired) electrons. The molecule has 43 heavy (non-hydrogen) atoms. The Balaban J connectivity index is 1.44. The molecule has 1 aliphatic heterocycles. The lowest BCUT2D eigenvalue weighted by Crippen LogP contribution is -2.53. The summed E-state index contributed by atoms with van der Waals surface area (Å²) in [6.45, 7) is 7.29. The Kier molecular flexibility index (Phi) is 9.86. The predicted molar refractivity (Wildman–Crippen MR) is 151 cm³/mol. The Morgan fingerprint density at radius 1 is 0.837 bits per heavy atom. The highest BCUT2D eigenvalue weighted by atomic mass is 19.4. The zero-order chi connectivity index (χ0) is 31.4. The quantitative estimate of drug-likeness (QED) is 0.191. The maximum absolute atomic E-state index is 13.5. The Bertz CT molecular complexity index is 1330. The summed E-state index contributed by atoms with van der Waals surface area (Å²) in [5.74, 6) is -0.247. The summed E-state index contributed by atoms with van der Waals surface area (Å²) in [4.78, 5) is 21.2. The lowest BCUT2D eigenvalue weighted by atomic mass is 9.80. The predicted octanol–water partition coefficient (Wildman–Crippen LogP) is 7.16. The second-order valence-electron chi connectivity index (χ2n) is 11.4. The standard InChI is InChI=1S/C32H35F6N3O2/c1-22(2)43-29(42)18-28-21-40(16-17-41(28)20-24-12-14-39-15-13-24)19-23-4-6-25(7-5-23)26-8-10-27(11-9-26)30(3,31(33,34)35)32(36,37)38/h4-15,22,28H,16-21H2,1-3H3. The fraction of sp³-hybridized carbons (Fsp3) is 0.438. The molecule has 0 saturated carbocycles. The first-order chi connectivity index (χ1) is 20.2. The summed E-state index contributed by atoms with van der Waals surface area (Å²) in [6.07, 6.45) is -7.44. The van der Waals surface area contributed by atoms with Gasteiger partial charge in [0.25, 0.3) is 0 Å². The van der Waals surface area contributed by atoms with Gasteiger partial charge in [-0.1, -0.05) is 48.5 Å². The molecule has 11 heteroatoms. The van der Waals surface area contributed by atoms with Crippen molar-refractivity contribution in [1.29, 1.82) is 0 Å². The number of pyridine rings is 1. The number of benzene rings is 2. The Labute approximate surface area is 247 Å². The molecule has 3 aromatic rings. The van der Waals surface area contributed by atoms with E-state index in [0.29, 0.717) is 30.8 Å². The van der Waals surface area contributed by atoms with Crippen LogP contribution in [0, 0.1) is 0 Å². The summed E-state index contributed by atoms with van der Waals surface area (Å²) in [5, 5.41) is 0. The van der Waals surface area contributed by atoms with E-state index in [2.05, 4.69) is 14.8 Å². The first-order valence-electron chi connectivity index (χ1n) is 14.1. The second-order valence-corrected chi connectivity index (χ2v) is 11.4. The number of aromatic nitrogens is 1. The first-order valence-corrected chi connectivity index (χ1v) is 14.1. The van der Waals surface area contributed by atoms with Crippen LogP contribution < -0.4 is 0 Å². The largest absolute Gasteiger partial charge is 0.463 e. The molecule has 1 aromatic heterocycles. The van der Waals surface area contributed by atoms with Gasteiger partial charge in [0.2, 0.25) is 0 Å². The normalized spacial score (nSPS) is 17.3. The molecule has 1 unspecified atom stereocenters. The SMILES string of the molecule is CC(C)OC(=O)CC1CN(Cc2ccc(-c3ccc(C(C)(C(F)(F)F)C(F)(F)F)cc3)cc2)CCN1Cc1ccncc1. The number of carbonyl (C=O) groups excluding carboxylic acids is 1. The number of esters is 1. The third-order valence-electron chi connectivity index (χ3n) is 7.88. The van der Waals surface area contributed by atoms with Crippen molar-refractivity contribution in [3.05, 3.63) is 89.7 Å². The number of hydrogen-bond acceptors (Lipinski definition) is 5. The van der Waals surface area contributed by atoms with Crippen LogP contribution in [-0.2, 0) is 28.0 Å². The van der Waals surface area contributed by atoms with Gasteiger partial charge in [-0.15, -0.1) is 0 Å². The number of ether oxygens (including phenoxy) is 1. The second kappa shape index (κ2) is 13.1. The van der Waals surface area contributed by atoms with Gasteiger partial charge in [0.1, 0.15) is 0 Å². The summed E-state index contributed by atoms with van der Waals surface area (Å²) < 4.78 is 86.1. The maximum Gasteiger partial charge on any atom is 0.406 e. The fourth-order valence-electron chi connectivity index (χ4n) is 5.27. The highest BCUT2D eigenvalue weighted by Crippen LogP contribution is 2.51. The van der Waals surface area contributed by atoms with E-state index < -0.39 is 23.3 Å². The van der Waals surface area contributed by atoms with Gasteiger partial charge in [-0.2, -0.15) is 26.3 Å². The van der Waals surface area contributed by atoms with Crippen molar-refractivity contribution in [3.63, 3.8) is 0 Å². The van der Waals surface area contributed by atoms with Crippen molar-refractivity contribution in [2.75, 3.05) is 19.6 Å². The molecule has 1 atom stereocenters. The molecule has 2 aromatic carbocycles. The number of piperazine rings is 1. The molecular weight excluding hydrogens is 572 g/mol. The highest BCUT2D eigenvalue weighted by molar-refractivity contribution is 5.70. The molecule has 0 aliphatic carbocycles. The average Bonchev–Trinajstić information content (AvgIpc) is 2.93. The van der Waals surface area contributed by atoms with Crippen LogP contribution in [0.25, 0.3) is 11.1 Å². The molecule has 0 bridgehead atoms. The van der Waals surface area contributed by atoms with Gasteiger partial charge in [0, 0.05) is 51.2 Å². The van der Waals surface area contributed by atoms with Crippen LogP contribution in [0.4, 0.5) is 26.3 Å². The van der Waals surface area contributed by atoms with Crippen molar-refractivity contribution in [1.82, 2.24) is 14.8 Å². The lowest BCUT2D eigenvalue weighted by Gasteiger charge is -2.41. The van der Waals surface area contributed by atoms with Gasteiger partial charge in [0.05, 0.1) is 12.5 Å². The number of rotatable bonds is 9. The smallest absolute Gasteiger partial charge is 0.406 e. The van der Waals surface area contributed by atoms with E-state index in [0.717, 1.165) is 36.3 Å². The van der Waals surface area contributed by atoms with Crippen LogP contribution in [0.1, 0.15) is 43.9 Å². The molecular formula is C32H35F6N3O2. The molecule has 2 heterocycles. The topological polar surface area (TPSA) is 45.7 Å². The Morgan fingerprint density at radius 2 is 1.37 bits per heavy atom. The highest BCUT2D eigenvalue weighted by Gasteiger charge is 2.68. The molecule has 232 valence electrons. The molecule has 0 N–H and O–H groups in total. The van der Waals surface area contributed by atoms with Crippen molar-refractivity contribution in [3.8, 4) is 11.1 Å². The fourth-order valence-corrected chi connectivity index (χ4v) is 5.27. The minimum absolute atomic E-state index is 0.0509. The summed E-state index contributed by atoms with van der Waals surface area (Å²) in [7, 11) is 0. The van der Waals surface area contributed by atoms with Crippen LogP contribution >= 0.6 is 0 Å². The third-order valence-corrected chi connectivity index (χ3v) is 7.88. The maximum atomic E-state index is 13.5. The van der Waals surface area contributed by atoms with Crippen LogP contribution in [0.3, 0.4) is 0 Å². The van der Waals surface area contributed by atoms with Crippen LogP contribution in [0.2, 0.25) is 0 Å². The number of carbonyl (C=O) groups is 1. The molecule has 0 spiro atoms. The van der Waals surface area contributed by atoms with E-state index in [1.54, 1.807) is 24.5 Å². The Morgan fingerprint density at radius 3 is 1.91 bits per heavy atom. The monoisotopic (exact) mass is 607 g/mol. The molecule has 4 rings (SSSR count). The van der Waals surface area contributed by atoms with Gasteiger partial charge < -0.3 is 4.74 Å². The van der Waals surface area contributed by atoms with Crippen LogP contribution in [-0.4, -0.2) is 64.9 Å². The Hall–Kier alpha value is -3.44. The van der Waals surface area contributed by atoms with E-state index in [4.69, 9.17) is 4.74 Å². The van der Waals surface area contributed by atoms with E-state index >= 15 is 0 Å². The van der Waals surface area contributed by atoms with Gasteiger partial charge in [-0.05, 0) is 60.7 Å². The number of alkyl halides is 6. The zero-order valence-corrected chi connectivity index (χ0v) is 24.3. The zero-order valence-electron chi connectivity index (χ0n) is 24.3. The van der Waals surface area contributed by atoms with Crippen molar-refractivity contribution >= 4 is 5.97 Å². The minimum atomic E-state index is -5.49. The van der Waals surface area contributed by atoms with Gasteiger partial charge >= 0.3 is 18.3 Å². The molecule has 1 aliphatic rings. The molecule has 1 saturated heterocycles. The van der Waals surface area contributed by atoms with Crippen molar-refractivity contribution in [2.24, 2.45) is 0 Å². The lowest BCUT2D eigenvalue weighted by molar-refractivity contribution is -0.297. The van der Waals surface area contributed by atoms with Crippen LogP contribution in [0.5, 0.6) is 0 Å². The molecule has 5 nitrogen and oxygen atoms in total. The van der Waals surface area contributed by atoms with E-state index in [9.17, 15) is 31.1 Å². The molecule has 1 fully saturated rings. The summed E-state index contributed by atoms with van der Waals surface area (Å²) in [5.41, 5.74) is -1.54. The average molecular weight is 608 g/mol. The summed E-state index contributed by atoms with van der Waals surface area (Å²) >= 11 is 0. The minimum Gasteiger partial charge on any atom is -0.463 e. The first kappa shape index (κ1) is 32.5. The van der Waals surface area contributed by atoms with Crippen molar-refractivity contribution < 1.29 is 35.9 Å². The van der Waals surface area contributed by atoms with Crippen LogP contribution in [0.15, 0.2) is 73.1 Å². The van der Waals surface area contributed by atoms with Crippen molar-refractivity contribution in [2.45, 2.75) is 70.2 Å². The van der Waals surface area contributed by atoms with Gasteiger partial charge in [0.15, 0.2) is 5.41 Å². The number of halogens is 6. The summed E-state index contributed by atoms with van der Waals surface area (Å²) in [6, 6.07) is 15.6. The number of hydrogen-bond donors (Lipinski definition) is 0. The van der Waals surface area contributed by atoms with Gasteiger partial charge in [-0.3, -0.25) is 19.6 Å². The number of nitrogens with zero attached hydrogens (tertiary/aromatic N) is 3. The molecule has 0 amide bonds. The van der Waals surface area contributed by atoms with E-state index in [-0.39, 0.29) is 31.5 Å². The third kappa shape index (κ3) is 7.75. The van der Waals surface area contributed by atoms with E-state index in [1.165, 1.54) is 12.1 Å².